The summed E-state index contributed by atoms with van der Waals surface area (Å²) in [5, 5.41) is 3.49. The maximum atomic E-state index is 4.53. The van der Waals surface area contributed by atoms with Gasteiger partial charge < -0.3 is 10.2 Å². The molecule has 2 saturated heterocycles. The van der Waals surface area contributed by atoms with Gasteiger partial charge in [0.15, 0.2) is 0 Å². The van der Waals surface area contributed by atoms with Crippen LogP contribution in [0.25, 0.3) is 0 Å². The van der Waals surface area contributed by atoms with Crippen molar-refractivity contribution >= 4 is 5.82 Å². The molecule has 1 aromatic heterocycles. The lowest BCUT2D eigenvalue weighted by Gasteiger charge is -2.40. The summed E-state index contributed by atoms with van der Waals surface area (Å²) in [4.78, 5) is 7.07. The molecule has 2 atom stereocenters. The summed E-state index contributed by atoms with van der Waals surface area (Å²) in [6.45, 7) is 3.56. The van der Waals surface area contributed by atoms with Crippen LogP contribution in [0.2, 0.25) is 0 Å². The zero-order chi connectivity index (χ0) is 11.5. The predicted octanol–water partition coefficient (Wildman–Crippen LogP) is 2.05. The standard InChI is InChI=1S/C14H21N3/c1-3-8-16-14(6-1)17-10-4-2-5-13(17)12-7-9-15-11-12/h1,3,6,8,12-13,15H,2,4-5,7,9-11H2. The molecule has 0 saturated carbocycles. The third-order valence-electron chi connectivity index (χ3n) is 4.14. The first kappa shape index (κ1) is 11.0. The van der Waals surface area contributed by atoms with Crippen molar-refractivity contribution in [2.45, 2.75) is 31.7 Å². The fourth-order valence-corrected chi connectivity index (χ4v) is 3.26. The van der Waals surface area contributed by atoms with Gasteiger partial charge in [-0.25, -0.2) is 4.98 Å². The largest absolute Gasteiger partial charge is 0.353 e. The number of aromatic nitrogens is 1. The third-order valence-corrected chi connectivity index (χ3v) is 4.14. The van der Waals surface area contributed by atoms with Crippen molar-refractivity contribution in [3.05, 3.63) is 24.4 Å². The van der Waals surface area contributed by atoms with Crippen molar-refractivity contribution in [2.75, 3.05) is 24.5 Å². The third kappa shape index (κ3) is 2.29. The van der Waals surface area contributed by atoms with E-state index < -0.39 is 0 Å². The minimum Gasteiger partial charge on any atom is -0.353 e. The van der Waals surface area contributed by atoms with Crippen molar-refractivity contribution in [3.8, 4) is 0 Å². The topological polar surface area (TPSA) is 28.2 Å². The number of hydrogen-bond acceptors (Lipinski definition) is 3. The summed E-state index contributed by atoms with van der Waals surface area (Å²) in [6.07, 6.45) is 7.27. The van der Waals surface area contributed by atoms with E-state index in [0.29, 0.717) is 6.04 Å². The Bertz CT molecular complexity index is 346. The number of anilines is 1. The second-order valence-electron chi connectivity index (χ2n) is 5.20. The van der Waals surface area contributed by atoms with Crippen LogP contribution in [0.15, 0.2) is 24.4 Å². The van der Waals surface area contributed by atoms with Crippen LogP contribution in [0, 0.1) is 5.92 Å². The maximum Gasteiger partial charge on any atom is 0.128 e. The van der Waals surface area contributed by atoms with Gasteiger partial charge in [0.25, 0.3) is 0 Å². The second kappa shape index (κ2) is 5.05. The monoisotopic (exact) mass is 231 g/mol. The van der Waals surface area contributed by atoms with E-state index in [4.69, 9.17) is 0 Å². The number of piperidine rings is 1. The van der Waals surface area contributed by atoms with Crippen LogP contribution < -0.4 is 10.2 Å². The average Bonchev–Trinajstić information content (AvgIpc) is 2.94. The summed E-state index contributed by atoms with van der Waals surface area (Å²) in [5.41, 5.74) is 0. The van der Waals surface area contributed by atoms with Crippen molar-refractivity contribution in [2.24, 2.45) is 5.92 Å². The van der Waals surface area contributed by atoms with Crippen molar-refractivity contribution in [3.63, 3.8) is 0 Å². The highest BCUT2D eigenvalue weighted by Crippen LogP contribution is 2.30. The fourth-order valence-electron chi connectivity index (χ4n) is 3.26. The Kier molecular flexibility index (Phi) is 3.27. The number of hydrogen-bond donors (Lipinski definition) is 1. The van der Waals surface area contributed by atoms with E-state index in [2.05, 4.69) is 27.3 Å². The maximum absolute atomic E-state index is 4.53. The molecular formula is C14H21N3. The van der Waals surface area contributed by atoms with Crippen molar-refractivity contribution in [1.29, 1.82) is 0 Å². The zero-order valence-corrected chi connectivity index (χ0v) is 10.3. The Morgan fingerprint density at radius 1 is 1.24 bits per heavy atom. The molecule has 2 unspecified atom stereocenters. The van der Waals surface area contributed by atoms with Gasteiger partial charge in [-0.05, 0) is 56.8 Å². The van der Waals surface area contributed by atoms with E-state index in [-0.39, 0.29) is 0 Å². The minimum absolute atomic E-state index is 0.702. The molecule has 3 rings (SSSR count). The predicted molar refractivity (Wildman–Crippen MR) is 70.2 cm³/mol. The lowest BCUT2D eigenvalue weighted by atomic mass is 9.89. The molecule has 2 aliphatic rings. The normalized spacial score (nSPS) is 29.5. The summed E-state index contributed by atoms with van der Waals surface area (Å²) in [6, 6.07) is 6.95. The molecule has 0 amide bonds. The van der Waals surface area contributed by atoms with Crippen molar-refractivity contribution in [1.82, 2.24) is 10.3 Å². The highest BCUT2D eigenvalue weighted by molar-refractivity contribution is 5.40. The van der Waals surface area contributed by atoms with Crippen LogP contribution in [0.5, 0.6) is 0 Å². The number of nitrogens with zero attached hydrogens (tertiary/aromatic N) is 2. The molecule has 2 aliphatic heterocycles. The molecular weight excluding hydrogens is 210 g/mol. The van der Waals surface area contributed by atoms with E-state index in [1.807, 2.05) is 12.3 Å². The Morgan fingerprint density at radius 2 is 2.24 bits per heavy atom. The van der Waals surface area contributed by atoms with Gasteiger partial charge in [-0.3, -0.25) is 0 Å². The summed E-state index contributed by atoms with van der Waals surface area (Å²) in [7, 11) is 0. The van der Waals surface area contributed by atoms with Crippen LogP contribution in [0.3, 0.4) is 0 Å². The smallest absolute Gasteiger partial charge is 0.128 e. The molecule has 3 heterocycles. The van der Waals surface area contributed by atoms with Gasteiger partial charge in [0.05, 0.1) is 0 Å². The molecule has 0 spiro atoms. The molecule has 1 N–H and O–H groups in total. The van der Waals surface area contributed by atoms with E-state index in [9.17, 15) is 0 Å². The highest BCUT2D eigenvalue weighted by Gasteiger charge is 2.32. The number of pyridine rings is 1. The first-order chi connectivity index (χ1) is 8.45. The van der Waals surface area contributed by atoms with Gasteiger partial charge in [0.2, 0.25) is 0 Å². The Balaban J connectivity index is 1.80. The first-order valence-corrected chi connectivity index (χ1v) is 6.83. The minimum atomic E-state index is 0.702. The van der Waals surface area contributed by atoms with Crippen LogP contribution in [-0.4, -0.2) is 30.7 Å². The lowest BCUT2D eigenvalue weighted by molar-refractivity contribution is 0.353. The van der Waals surface area contributed by atoms with Gasteiger partial charge in [-0.1, -0.05) is 6.07 Å². The molecule has 3 nitrogen and oxygen atoms in total. The summed E-state index contributed by atoms with van der Waals surface area (Å²) >= 11 is 0. The molecule has 3 heteroatoms. The highest BCUT2D eigenvalue weighted by atomic mass is 15.2. The van der Waals surface area contributed by atoms with Crippen LogP contribution >= 0.6 is 0 Å². The molecule has 1 aromatic rings. The fraction of sp³-hybridized carbons (Fsp3) is 0.643. The van der Waals surface area contributed by atoms with Crippen LogP contribution in [0.4, 0.5) is 5.82 Å². The van der Waals surface area contributed by atoms with E-state index in [0.717, 1.165) is 5.92 Å². The molecule has 2 fully saturated rings. The van der Waals surface area contributed by atoms with Gasteiger partial charge in [0, 0.05) is 18.8 Å². The van der Waals surface area contributed by atoms with E-state index in [1.165, 1.54) is 51.1 Å². The summed E-state index contributed by atoms with van der Waals surface area (Å²) < 4.78 is 0. The Labute approximate surface area is 103 Å². The van der Waals surface area contributed by atoms with Crippen molar-refractivity contribution < 1.29 is 0 Å². The molecule has 92 valence electrons. The lowest BCUT2D eigenvalue weighted by Crippen LogP contribution is -2.45. The van der Waals surface area contributed by atoms with E-state index in [1.54, 1.807) is 0 Å². The van der Waals surface area contributed by atoms with Gasteiger partial charge in [0.1, 0.15) is 5.82 Å². The van der Waals surface area contributed by atoms with Crippen LogP contribution in [-0.2, 0) is 0 Å². The van der Waals surface area contributed by atoms with Gasteiger partial charge in [-0.2, -0.15) is 0 Å². The van der Waals surface area contributed by atoms with Gasteiger partial charge in [-0.15, -0.1) is 0 Å². The molecule has 17 heavy (non-hydrogen) atoms. The summed E-state index contributed by atoms with van der Waals surface area (Å²) in [5.74, 6) is 1.99. The molecule has 0 radical (unpaired) electrons. The first-order valence-electron chi connectivity index (χ1n) is 6.83. The average molecular weight is 231 g/mol. The Hall–Kier alpha value is -1.09. The SMILES string of the molecule is c1ccc(N2CCCCC2C2CCNC2)nc1. The molecule has 0 bridgehead atoms. The molecule has 0 aliphatic carbocycles. The quantitative estimate of drug-likeness (QED) is 0.844. The zero-order valence-electron chi connectivity index (χ0n) is 10.3. The Morgan fingerprint density at radius 3 is 3.00 bits per heavy atom. The van der Waals surface area contributed by atoms with Gasteiger partial charge >= 0.3 is 0 Å². The number of rotatable bonds is 2. The van der Waals surface area contributed by atoms with E-state index >= 15 is 0 Å². The van der Waals surface area contributed by atoms with Crippen LogP contribution in [0.1, 0.15) is 25.7 Å². The molecule has 0 aromatic carbocycles. The number of nitrogens with one attached hydrogen (secondary N) is 1. The second-order valence-corrected chi connectivity index (χ2v) is 5.20.